The average molecular weight is 378 g/mol. The maximum Gasteiger partial charge on any atom is 0.501 e. The molecule has 24 heavy (non-hydrogen) atoms. The Bertz CT molecular complexity index is 849. The Morgan fingerprint density at radius 3 is 2.25 bits per heavy atom. The third-order valence-electron chi connectivity index (χ3n) is 3.07. The van der Waals surface area contributed by atoms with Crippen molar-refractivity contribution in [2.75, 3.05) is 0 Å². The van der Waals surface area contributed by atoms with Gasteiger partial charge in [-0.3, -0.25) is 4.79 Å². The SMILES string of the molecule is O=C(NCc1cccc(Cl)c1)c1ccc(S(=O)(=O)C(F)(F)F)cc1. The van der Waals surface area contributed by atoms with Crippen molar-refractivity contribution in [3.8, 4) is 0 Å². The summed E-state index contributed by atoms with van der Waals surface area (Å²) in [6.45, 7) is 0.169. The molecule has 0 fully saturated rings. The Morgan fingerprint density at radius 1 is 1.08 bits per heavy atom. The quantitative estimate of drug-likeness (QED) is 0.886. The van der Waals surface area contributed by atoms with Crippen molar-refractivity contribution in [1.29, 1.82) is 0 Å². The fourth-order valence-electron chi connectivity index (χ4n) is 1.85. The van der Waals surface area contributed by atoms with Crippen molar-refractivity contribution in [3.63, 3.8) is 0 Å². The minimum atomic E-state index is -5.43. The third kappa shape index (κ3) is 4.07. The van der Waals surface area contributed by atoms with E-state index in [4.69, 9.17) is 11.6 Å². The van der Waals surface area contributed by atoms with Crippen LogP contribution in [0.15, 0.2) is 53.4 Å². The van der Waals surface area contributed by atoms with Crippen molar-refractivity contribution in [1.82, 2.24) is 5.32 Å². The molecule has 0 heterocycles. The molecule has 0 aliphatic carbocycles. The number of rotatable bonds is 4. The number of carbonyl (C=O) groups excluding carboxylic acids is 1. The summed E-state index contributed by atoms with van der Waals surface area (Å²) < 4.78 is 59.8. The number of hydrogen-bond donors (Lipinski definition) is 1. The van der Waals surface area contributed by atoms with Gasteiger partial charge in [0, 0.05) is 17.1 Å². The maximum atomic E-state index is 12.4. The largest absolute Gasteiger partial charge is 0.501 e. The van der Waals surface area contributed by atoms with Crippen molar-refractivity contribution >= 4 is 27.3 Å². The lowest BCUT2D eigenvalue weighted by Gasteiger charge is -2.09. The molecule has 0 aromatic heterocycles. The molecule has 9 heteroatoms. The second kappa shape index (κ2) is 6.82. The molecule has 1 N–H and O–H groups in total. The summed E-state index contributed by atoms with van der Waals surface area (Å²) in [4.78, 5) is 11.0. The van der Waals surface area contributed by atoms with Gasteiger partial charge in [0.25, 0.3) is 15.7 Å². The fourth-order valence-corrected chi connectivity index (χ4v) is 2.82. The van der Waals surface area contributed by atoms with E-state index in [2.05, 4.69) is 5.32 Å². The zero-order valence-corrected chi connectivity index (χ0v) is 13.5. The normalized spacial score (nSPS) is 12.0. The molecule has 2 aromatic rings. The van der Waals surface area contributed by atoms with E-state index in [1.807, 2.05) is 0 Å². The van der Waals surface area contributed by atoms with Crippen LogP contribution in [0.3, 0.4) is 0 Å². The highest BCUT2D eigenvalue weighted by atomic mass is 35.5. The first-order valence-electron chi connectivity index (χ1n) is 6.55. The van der Waals surface area contributed by atoms with Crippen LogP contribution in [0.25, 0.3) is 0 Å². The molecule has 0 bridgehead atoms. The minimum Gasteiger partial charge on any atom is -0.348 e. The first-order chi connectivity index (χ1) is 11.1. The molecule has 2 rings (SSSR count). The maximum absolute atomic E-state index is 12.4. The van der Waals surface area contributed by atoms with Crippen LogP contribution in [0.5, 0.6) is 0 Å². The summed E-state index contributed by atoms with van der Waals surface area (Å²) in [5.74, 6) is -0.550. The Balaban J connectivity index is 2.09. The van der Waals surface area contributed by atoms with E-state index in [-0.39, 0.29) is 12.1 Å². The van der Waals surface area contributed by atoms with E-state index in [0.717, 1.165) is 29.8 Å². The molecule has 2 aromatic carbocycles. The van der Waals surface area contributed by atoms with Gasteiger partial charge in [-0.2, -0.15) is 13.2 Å². The molecule has 0 aliphatic rings. The summed E-state index contributed by atoms with van der Waals surface area (Å²) in [5.41, 5.74) is -4.60. The lowest BCUT2D eigenvalue weighted by molar-refractivity contribution is -0.0436. The molecule has 0 spiro atoms. The number of nitrogens with one attached hydrogen (secondary N) is 1. The molecule has 0 aliphatic heterocycles. The molecule has 0 radical (unpaired) electrons. The highest BCUT2D eigenvalue weighted by Crippen LogP contribution is 2.30. The molecular weight excluding hydrogens is 367 g/mol. The van der Waals surface area contributed by atoms with Gasteiger partial charge in [0.15, 0.2) is 0 Å². The molecule has 0 saturated carbocycles. The molecule has 0 atom stereocenters. The zero-order chi connectivity index (χ0) is 18.0. The third-order valence-corrected chi connectivity index (χ3v) is 4.81. The summed E-state index contributed by atoms with van der Waals surface area (Å²) in [6, 6.07) is 10.3. The Kier molecular flexibility index (Phi) is 5.19. The fraction of sp³-hybridized carbons (Fsp3) is 0.133. The van der Waals surface area contributed by atoms with Gasteiger partial charge in [-0.1, -0.05) is 23.7 Å². The van der Waals surface area contributed by atoms with Crippen molar-refractivity contribution in [2.24, 2.45) is 0 Å². The number of benzene rings is 2. The highest BCUT2D eigenvalue weighted by Gasteiger charge is 2.46. The number of hydrogen-bond acceptors (Lipinski definition) is 3. The smallest absolute Gasteiger partial charge is 0.348 e. The van der Waals surface area contributed by atoms with Crippen LogP contribution in [0.1, 0.15) is 15.9 Å². The van der Waals surface area contributed by atoms with E-state index in [1.165, 1.54) is 0 Å². The first kappa shape index (κ1) is 18.3. The second-order valence-electron chi connectivity index (χ2n) is 4.79. The van der Waals surface area contributed by atoms with E-state index in [0.29, 0.717) is 5.02 Å². The molecule has 1 amide bonds. The predicted molar refractivity (Wildman–Crippen MR) is 82.3 cm³/mol. The average Bonchev–Trinajstić information content (AvgIpc) is 2.52. The highest BCUT2D eigenvalue weighted by molar-refractivity contribution is 7.92. The van der Waals surface area contributed by atoms with Gasteiger partial charge in [0.05, 0.1) is 4.90 Å². The van der Waals surface area contributed by atoms with Gasteiger partial charge in [-0.25, -0.2) is 8.42 Å². The Labute approximate surface area is 141 Å². The number of alkyl halides is 3. The molecule has 4 nitrogen and oxygen atoms in total. The van der Waals surface area contributed by atoms with Gasteiger partial charge in [0.2, 0.25) is 0 Å². The van der Waals surface area contributed by atoms with Crippen LogP contribution in [0.2, 0.25) is 5.02 Å². The minimum absolute atomic E-state index is 0.0400. The topological polar surface area (TPSA) is 63.2 Å². The first-order valence-corrected chi connectivity index (χ1v) is 8.41. The van der Waals surface area contributed by atoms with E-state index in [9.17, 15) is 26.4 Å². The van der Waals surface area contributed by atoms with Gasteiger partial charge in [-0.05, 0) is 42.0 Å². The Morgan fingerprint density at radius 2 is 1.71 bits per heavy atom. The number of sulfone groups is 1. The molecule has 0 saturated heterocycles. The van der Waals surface area contributed by atoms with Crippen LogP contribution in [-0.4, -0.2) is 19.8 Å². The van der Waals surface area contributed by atoms with Crippen LogP contribution >= 0.6 is 11.6 Å². The van der Waals surface area contributed by atoms with Gasteiger partial charge < -0.3 is 5.32 Å². The van der Waals surface area contributed by atoms with E-state index < -0.39 is 26.1 Å². The predicted octanol–water partition coefficient (Wildman–Crippen LogP) is 3.56. The summed E-state index contributed by atoms with van der Waals surface area (Å²) in [7, 11) is -5.43. The Hall–Kier alpha value is -2.06. The van der Waals surface area contributed by atoms with Crippen LogP contribution in [0, 0.1) is 0 Å². The standard InChI is InChI=1S/C15H11ClF3NO3S/c16-12-3-1-2-10(8-12)9-20-14(21)11-4-6-13(7-5-11)24(22,23)15(17,18)19/h1-8H,9H2,(H,20,21). The zero-order valence-electron chi connectivity index (χ0n) is 12.0. The van der Waals surface area contributed by atoms with E-state index >= 15 is 0 Å². The summed E-state index contributed by atoms with van der Waals surface area (Å²) in [5, 5.41) is 3.06. The van der Waals surface area contributed by atoms with Crippen LogP contribution < -0.4 is 5.32 Å². The monoisotopic (exact) mass is 377 g/mol. The van der Waals surface area contributed by atoms with E-state index in [1.54, 1.807) is 24.3 Å². The molecular formula is C15H11ClF3NO3S. The van der Waals surface area contributed by atoms with Crippen molar-refractivity contribution < 1.29 is 26.4 Å². The van der Waals surface area contributed by atoms with Crippen molar-refractivity contribution in [2.45, 2.75) is 16.9 Å². The lowest BCUT2D eigenvalue weighted by Crippen LogP contribution is -2.24. The summed E-state index contributed by atoms with van der Waals surface area (Å²) >= 11 is 5.81. The van der Waals surface area contributed by atoms with Gasteiger partial charge in [0.1, 0.15) is 0 Å². The van der Waals surface area contributed by atoms with Crippen molar-refractivity contribution in [3.05, 3.63) is 64.7 Å². The molecule has 0 unspecified atom stereocenters. The number of carbonyl (C=O) groups is 1. The lowest BCUT2D eigenvalue weighted by atomic mass is 10.2. The number of amides is 1. The van der Waals surface area contributed by atoms with Crippen LogP contribution in [-0.2, 0) is 16.4 Å². The van der Waals surface area contributed by atoms with Crippen LogP contribution in [0.4, 0.5) is 13.2 Å². The van der Waals surface area contributed by atoms with Gasteiger partial charge in [-0.15, -0.1) is 0 Å². The van der Waals surface area contributed by atoms with Gasteiger partial charge >= 0.3 is 5.51 Å². The number of halogens is 4. The second-order valence-corrected chi connectivity index (χ2v) is 7.16. The summed E-state index contributed by atoms with van der Waals surface area (Å²) in [6.07, 6.45) is 0. The molecule has 128 valence electrons.